The highest BCUT2D eigenvalue weighted by Gasteiger charge is 2.39. The lowest BCUT2D eigenvalue weighted by Gasteiger charge is -2.34. The summed E-state index contributed by atoms with van der Waals surface area (Å²) < 4.78 is 19.0. The Balaban J connectivity index is 2.16. The summed E-state index contributed by atoms with van der Waals surface area (Å²) in [6.07, 6.45) is 1.04. The number of hydrogen-bond acceptors (Lipinski definition) is 4. The smallest absolute Gasteiger partial charge is 0.232 e. The highest BCUT2D eigenvalue weighted by molar-refractivity contribution is 5.95. The van der Waals surface area contributed by atoms with Gasteiger partial charge in [0.2, 0.25) is 5.91 Å². The van der Waals surface area contributed by atoms with Gasteiger partial charge in [-0.3, -0.25) is 4.79 Å². The van der Waals surface area contributed by atoms with E-state index in [0.717, 1.165) is 6.07 Å². The van der Waals surface area contributed by atoms with Crippen LogP contribution < -0.4 is 11.1 Å². The van der Waals surface area contributed by atoms with Gasteiger partial charge < -0.3 is 15.8 Å². The van der Waals surface area contributed by atoms with E-state index >= 15 is 0 Å². The van der Waals surface area contributed by atoms with Gasteiger partial charge in [-0.05, 0) is 31.0 Å². The third-order valence-electron chi connectivity index (χ3n) is 3.67. The Labute approximate surface area is 116 Å². The van der Waals surface area contributed by atoms with Crippen LogP contribution in [0, 0.1) is 22.6 Å². The number of nitriles is 1. The van der Waals surface area contributed by atoms with Crippen LogP contribution in [-0.2, 0) is 9.53 Å². The van der Waals surface area contributed by atoms with Gasteiger partial charge in [-0.25, -0.2) is 4.39 Å². The zero-order valence-electron chi connectivity index (χ0n) is 11.0. The van der Waals surface area contributed by atoms with Crippen molar-refractivity contribution in [1.82, 2.24) is 0 Å². The summed E-state index contributed by atoms with van der Waals surface area (Å²) >= 11 is 0. The molecule has 1 fully saturated rings. The third kappa shape index (κ3) is 2.79. The fourth-order valence-electron chi connectivity index (χ4n) is 2.23. The molecule has 1 aliphatic rings. The van der Waals surface area contributed by atoms with Gasteiger partial charge >= 0.3 is 0 Å². The van der Waals surface area contributed by atoms with Crippen molar-refractivity contribution in [2.75, 3.05) is 25.1 Å². The maximum absolute atomic E-state index is 13.8. The first-order valence-electron chi connectivity index (χ1n) is 6.40. The second kappa shape index (κ2) is 5.99. The number of nitrogens with two attached hydrogens (primary N) is 1. The minimum absolute atomic E-state index is 0.0633. The van der Waals surface area contributed by atoms with Crippen LogP contribution in [0.15, 0.2) is 18.2 Å². The number of carbonyl (C=O) groups is 1. The minimum Gasteiger partial charge on any atom is -0.381 e. The molecule has 1 aromatic rings. The summed E-state index contributed by atoms with van der Waals surface area (Å²) in [5.41, 5.74) is 5.29. The quantitative estimate of drug-likeness (QED) is 0.874. The van der Waals surface area contributed by atoms with E-state index in [1.165, 1.54) is 12.1 Å². The molecule has 1 aliphatic heterocycles. The Morgan fingerprint density at radius 1 is 1.50 bits per heavy atom. The van der Waals surface area contributed by atoms with Gasteiger partial charge in [-0.15, -0.1) is 0 Å². The molecule has 0 bridgehead atoms. The Kier molecular flexibility index (Phi) is 4.32. The fraction of sp³-hybridized carbons (Fsp3) is 0.429. The fourth-order valence-corrected chi connectivity index (χ4v) is 2.23. The third-order valence-corrected chi connectivity index (χ3v) is 3.67. The molecule has 106 valence electrons. The van der Waals surface area contributed by atoms with E-state index in [1.807, 2.05) is 6.07 Å². The van der Waals surface area contributed by atoms with Gasteiger partial charge in [-0.2, -0.15) is 5.26 Å². The lowest BCUT2D eigenvalue weighted by atomic mass is 9.79. The van der Waals surface area contributed by atoms with Crippen molar-refractivity contribution in [2.24, 2.45) is 11.1 Å². The largest absolute Gasteiger partial charge is 0.381 e. The predicted molar refractivity (Wildman–Crippen MR) is 71.3 cm³/mol. The number of carbonyl (C=O) groups excluding carboxylic acids is 1. The van der Waals surface area contributed by atoms with Gasteiger partial charge in [0, 0.05) is 19.8 Å². The van der Waals surface area contributed by atoms with Crippen LogP contribution in [-0.4, -0.2) is 25.7 Å². The molecule has 1 aromatic carbocycles. The van der Waals surface area contributed by atoms with E-state index in [1.54, 1.807) is 0 Å². The lowest BCUT2D eigenvalue weighted by Crippen LogP contribution is -2.46. The second-order valence-electron chi connectivity index (χ2n) is 4.86. The Hall–Kier alpha value is -1.97. The van der Waals surface area contributed by atoms with Crippen molar-refractivity contribution in [1.29, 1.82) is 5.26 Å². The molecule has 1 saturated heterocycles. The topological polar surface area (TPSA) is 88.1 Å². The lowest BCUT2D eigenvalue weighted by molar-refractivity contribution is -0.130. The predicted octanol–water partition coefficient (Wildman–Crippen LogP) is 1.39. The molecule has 3 N–H and O–H groups in total. The van der Waals surface area contributed by atoms with Crippen LogP contribution >= 0.6 is 0 Å². The molecule has 6 heteroatoms. The van der Waals surface area contributed by atoms with Gasteiger partial charge in [0.1, 0.15) is 5.82 Å². The first-order valence-corrected chi connectivity index (χ1v) is 6.40. The van der Waals surface area contributed by atoms with E-state index in [4.69, 9.17) is 15.7 Å². The Morgan fingerprint density at radius 2 is 2.20 bits per heavy atom. The van der Waals surface area contributed by atoms with E-state index in [9.17, 15) is 9.18 Å². The molecule has 0 spiro atoms. The van der Waals surface area contributed by atoms with E-state index < -0.39 is 11.2 Å². The maximum atomic E-state index is 13.8. The van der Waals surface area contributed by atoms with Gasteiger partial charge in [0.25, 0.3) is 0 Å². The average Bonchev–Trinajstić information content (AvgIpc) is 2.49. The van der Waals surface area contributed by atoms with Crippen LogP contribution in [0.3, 0.4) is 0 Å². The molecule has 0 aliphatic carbocycles. The van der Waals surface area contributed by atoms with E-state index in [-0.39, 0.29) is 23.7 Å². The average molecular weight is 277 g/mol. The monoisotopic (exact) mass is 277 g/mol. The van der Waals surface area contributed by atoms with Crippen molar-refractivity contribution in [3.8, 4) is 6.07 Å². The SMILES string of the molecule is N#Cc1ccc(NC(=O)C2(CN)CCOCC2)c(F)c1. The van der Waals surface area contributed by atoms with Crippen LogP contribution in [0.5, 0.6) is 0 Å². The zero-order valence-corrected chi connectivity index (χ0v) is 11.0. The van der Waals surface area contributed by atoms with E-state index in [0.29, 0.717) is 26.1 Å². The Morgan fingerprint density at radius 3 is 2.75 bits per heavy atom. The number of benzene rings is 1. The first kappa shape index (κ1) is 14.4. The normalized spacial score (nSPS) is 17.2. The van der Waals surface area contributed by atoms with Crippen molar-refractivity contribution in [3.05, 3.63) is 29.6 Å². The second-order valence-corrected chi connectivity index (χ2v) is 4.86. The van der Waals surface area contributed by atoms with Crippen LogP contribution in [0.25, 0.3) is 0 Å². The summed E-state index contributed by atoms with van der Waals surface area (Å²) in [6, 6.07) is 5.77. The van der Waals surface area contributed by atoms with Crippen LogP contribution in [0.1, 0.15) is 18.4 Å². The van der Waals surface area contributed by atoms with Gasteiger partial charge in [0.05, 0.1) is 22.7 Å². The van der Waals surface area contributed by atoms with Crippen molar-refractivity contribution in [2.45, 2.75) is 12.8 Å². The molecule has 0 saturated carbocycles. The maximum Gasteiger partial charge on any atom is 0.232 e. The zero-order chi connectivity index (χ0) is 14.6. The molecule has 0 radical (unpaired) electrons. The summed E-state index contributed by atoms with van der Waals surface area (Å²) in [7, 11) is 0. The van der Waals surface area contributed by atoms with Crippen molar-refractivity contribution < 1.29 is 13.9 Å². The molecule has 1 heterocycles. The number of ether oxygens (including phenoxy) is 1. The first-order chi connectivity index (χ1) is 9.61. The Bertz CT molecular complexity index is 548. The molecular formula is C14H16FN3O2. The molecule has 20 heavy (non-hydrogen) atoms. The van der Waals surface area contributed by atoms with Crippen LogP contribution in [0.4, 0.5) is 10.1 Å². The number of anilines is 1. The number of hydrogen-bond donors (Lipinski definition) is 2. The van der Waals surface area contributed by atoms with Crippen molar-refractivity contribution in [3.63, 3.8) is 0 Å². The summed E-state index contributed by atoms with van der Waals surface area (Å²) in [6.45, 7) is 1.14. The van der Waals surface area contributed by atoms with Crippen molar-refractivity contribution >= 4 is 11.6 Å². The number of halogens is 1. The van der Waals surface area contributed by atoms with Gasteiger partial charge in [0.15, 0.2) is 0 Å². The molecule has 2 rings (SSSR count). The summed E-state index contributed by atoms with van der Waals surface area (Å²) in [4.78, 5) is 12.3. The molecule has 0 atom stereocenters. The highest BCUT2D eigenvalue weighted by Crippen LogP contribution is 2.31. The summed E-state index contributed by atoms with van der Waals surface area (Å²) in [5.74, 6) is -0.927. The molecule has 5 nitrogen and oxygen atoms in total. The minimum atomic E-state index is -0.710. The van der Waals surface area contributed by atoms with Crippen LogP contribution in [0.2, 0.25) is 0 Å². The molecule has 0 unspecified atom stereocenters. The summed E-state index contributed by atoms with van der Waals surface area (Å²) in [5, 5.41) is 11.2. The van der Waals surface area contributed by atoms with Gasteiger partial charge in [-0.1, -0.05) is 0 Å². The number of nitrogens with zero attached hydrogens (tertiary/aromatic N) is 1. The highest BCUT2D eigenvalue weighted by atomic mass is 19.1. The molecule has 0 aromatic heterocycles. The molecule has 1 amide bonds. The number of nitrogens with one attached hydrogen (secondary N) is 1. The standard InChI is InChI=1S/C14H16FN3O2/c15-11-7-10(8-16)1-2-12(11)18-13(19)14(9-17)3-5-20-6-4-14/h1-2,7H,3-6,9,17H2,(H,18,19). The van der Waals surface area contributed by atoms with E-state index in [2.05, 4.69) is 5.32 Å². The number of rotatable bonds is 3. The molecular weight excluding hydrogens is 261 g/mol. The number of amides is 1.